The molecule has 1 unspecified atom stereocenters. The molecule has 1 saturated heterocycles. The average Bonchev–Trinajstić information content (AvgIpc) is 3.18. The second-order valence-electron chi connectivity index (χ2n) is 8.88. The fourth-order valence-electron chi connectivity index (χ4n) is 4.49. The number of amides is 1. The van der Waals surface area contributed by atoms with Crippen LogP contribution in [0.3, 0.4) is 0 Å². The Hall–Kier alpha value is -4.57. The Bertz CT molecular complexity index is 1420. The first-order valence-corrected chi connectivity index (χ1v) is 12.0. The van der Waals surface area contributed by atoms with Crippen LogP contribution < -0.4 is 14.4 Å². The molecule has 188 valence electrons. The van der Waals surface area contributed by atoms with E-state index in [2.05, 4.69) is 6.07 Å². The van der Waals surface area contributed by atoms with Gasteiger partial charge >= 0.3 is 0 Å². The molecular formula is C30H28N2O5. The molecule has 0 bridgehead atoms. The van der Waals surface area contributed by atoms with Crippen molar-refractivity contribution in [2.75, 3.05) is 18.6 Å². The smallest absolute Gasteiger partial charge is 0.300 e. The number of aryl methyl sites for hydroxylation is 2. The molecule has 3 aromatic rings. The van der Waals surface area contributed by atoms with Gasteiger partial charge in [-0.25, -0.2) is 0 Å². The van der Waals surface area contributed by atoms with Crippen LogP contribution in [-0.2, 0) is 9.59 Å². The van der Waals surface area contributed by atoms with Crippen molar-refractivity contribution in [2.45, 2.75) is 33.2 Å². The highest BCUT2D eigenvalue weighted by Gasteiger charge is 2.47. The molecule has 0 radical (unpaired) electrons. The molecule has 1 N–H and O–H groups in total. The number of hydrogen-bond acceptors (Lipinski definition) is 6. The van der Waals surface area contributed by atoms with E-state index in [0.717, 1.165) is 12.0 Å². The minimum atomic E-state index is -0.880. The molecule has 1 amide bonds. The summed E-state index contributed by atoms with van der Waals surface area (Å²) in [6, 6.07) is 18.3. The Morgan fingerprint density at radius 3 is 2.30 bits per heavy atom. The van der Waals surface area contributed by atoms with E-state index >= 15 is 0 Å². The number of aliphatic hydroxyl groups excluding tert-OH is 1. The predicted molar refractivity (Wildman–Crippen MR) is 141 cm³/mol. The van der Waals surface area contributed by atoms with Crippen LogP contribution in [0.1, 0.15) is 47.2 Å². The summed E-state index contributed by atoms with van der Waals surface area (Å²) in [6.07, 6.45) is 0.862. The third-order valence-electron chi connectivity index (χ3n) is 6.38. The molecule has 7 heteroatoms. The van der Waals surface area contributed by atoms with Gasteiger partial charge in [0.25, 0.3) is 11.7 Å². The SMILES string of the molecule is CCCOc1ccc(C2/C(=C(\O)c3cc(C)c(OC)cc3C)C(=O)C(=O)N2c2ccc(C#N)cc2)cc1. The van der Waals surface area contributed by atoms with Gasteiger partial charge in [-0.15, -0.1) is 0 Å². The van der Waals surface area contributed by atoms with Crippen molar-refractivity contribution >= 4 is 23.1 Å². The minimum absolute atomic E-state index is 0.00995. The molecule has 4 rings (SSSR count). The molecule has 1 aliphatic rings. The van der Waals surface area contributed by atoms with Crippen LogP contribution in [-0.4, -0.2) is 30.5 Å². The largest absolute Gasteiger partial charge is 0.507 e. The van der Waals surface area contributed by atoms with Crippen LogP contribution in [0.4, 0.5) is 5.69 Å². The zero-order chi connectivity index (χ0) is 26.7. The topological polar surface area (TPSA) is 99.9 Å². The number of aliphatic hydroxyl groups is 1. The summed E-state index contributed by atoms with van der Waals surface area (Å²) in [6.45, 7) is 6.24. The Morgan fingerprint density at radius 1 is 1.03 bits per heavy atom. The maximum Gasteiger partial charge on any atom is 0.300 e. The molecule has 0 saturated carbocycles. The highest BCUT2D eigenvalue weighted by Crippen LogP contribution is 2.43. The van der Waals surface area contributed by atoms with E-state index in [0.29, 0.717) is 46.0 Å². The summed E-state index contributed by atoms with van der Waals surface area (Å²) >= 11 is 0. The third-order valence-corrected chi connectivity index (χ3v) is 6.38. The lowest BCUT2D eigenvalue weighted by atomic mass is 9.93. The van der Waals surface area contributed by atoms with Crippen molar-refractivity contribution in [3.63, 3.8) is 0 Å². The Balaban J connectivity index is 1.91. The average molecular weight is 497 g/mol. The van der Waals surface area contributed by atoms with E-state index in [1.807, 2.05) is 20.8 Å². The Kier molecular flexibility index (Phi) is 7.30. The number of hydrogen-bond donors (Lipinski definition) is 1. The van der Waals surface area contributed by atoms with Gasteiger partial charge in [0, 0.05) is 11.3 Å². The van der Waals surface area contributed by atoms with Crippen molar-refractivity contribution < 1.29 is 24.2 Å². The van der Waals surface area contributed by atoms with E-state index < -0.39 is 17.7 Å². The number of methoxy groups -OCH3 is 1. The number of carbonyl (C=O) groups is 2. The van der Waals surface area contributed by atoms with Gasteiger partial charge in [-0.1, -0.05) is 19.1 Å². The molecule has 1 aliphatic heterocycles. The molecule has 0 spiro atoms. The number of ether oxygens (including phenoxy) is 2. The first-order valence-electron chi connectivity index (χ1n) is 12.0. The quantitative estimate of drug-likeness (QED) is 0.260. The number of carbonyl (C=O) groups excluding carboxylic acids is 2. The molecular weight excluding hydrogens is 468 g/mol. The summed E-state index contributed by atoms with van der Waals surface area (Å²) in [4.78, 5) is 28.2. The van der Waals surface area contributed by atoms with Crippen LogP contribution in [0.25, 0.3) is 5.76 Å². The summed E-state index contributed by atoms with van der Waals surface area (Å²) < 4.78 is 11.1. The van der Waals surface area contributed by atoms with Gasteiger partial charge in [-0.3, -0.25) is 14.5 Å². The molecule has 1 atom stereocenters. The van der Waals surface area contributed by atoms with Crippen LogP contribution in [0.15, 0.2) is 66.2 Å². The number of nitrogens with zero attached hydrogens (tertiary/aromatic N) is 2. The first kappa shape index (κ1) is 25.5. The van der Waals surface area contributed by atoms with Gasteiger partial charge in [0.15, 0.2) is 0 Å². The summed E-state index contributed by atoms with van der Waals surface area (Å²) in [5.41, 5.74) is 3.43. The van der Waals surface area contributed by atoms with Gasteiger partial charge in [0.05, 0.1) is 37.0 Å². The van der Waals surface area contributed by atoms with Gasteiger partial charge in [0.1, 0.15) is 17.3 Å². The van der Waals surface area contributed by atoms with E-state index in [1.54, 1.807) is 67.8 Å². The summed E-state index contributed by atoms with van der Waals surface area (Å²) in [5.74, 6) is -0.473. The van der Waals surface area contributed by atoms with Crippen molar-refractivity contribution in [2.24, 2.45) is 0 Å². The van der Waals surface area contributed by atoms with Gasteiger partial charge in [0.2, 0.25) is 0 Å². The maximum atomic E-state index is 13.4. The van der Waals surface area contributed by atoms with Crippen molar-refractivity contribution in [1.82, 2.24) is 0 Å². The number of benzene rings is 3. The molecule has 0 aromatic heterocycles. The lowest BCUT2D eigenvalue weighted by molar-refractivity contribution is -0.132. The zero-order valence-electron chi connectivity index (χ0n) is 21.2. The molecule has 3 aromatic carbocycles. The van der Waals surface area contributed by atoms with E-state index in [9.17, 15) is 20.0 Å². The lowest BCUT2D eigenvalue weighted by Crippen LogP contribution is -2.29. The van der Waals surface area contributed by atoms with Gasteiger partial charge < -0.3 is 14.6 Å². The fourth-order valence-corrected chi connectivity index (χ4v) is 4.49. The number of anilines is 1. The number of ketones is 1. The standard InChI is InChI=1S/C30H28N2O5/c1-5-14-37-23-12-8-21(9-13-23)27-26(28(33)24-15-19(3)25(36-4)16-18(24)2)29(34)30(35)32(27)22-10-6-20(17-31)7-11-22/h6-13,15-16,27,33H,5,14H2,1-4H3/b28-26+. The summed E-state index contributed by atoms with van der Waals surface area (Å²) in [5, 5.41) is 20.7. The molecule has 1 heterocycles. The van der Waals surface area contributed by atoms with E-state index in [1.165, 1.54) is 4.90 Å². The number of nitriles is 1. The third kappa shape index (κ3) is 4.78. The van der Waals surface area contributed by atoms with Crippen LogP contribution in [0.2, 0.25) is 0 Å². The van der Waals surface area contributed by atoms with Gasteiger partial charge in [-0.2, -0.15) is 5.26 Å². The second kappa shape index (κ2) is 10.6. The van der Waals surface area contributed by atoms with Crippen molar-refractivity contribution in [1.29, 1.82) is 5.26 Å². The first-order chi connectivity index (χ1) is 17.8. The van der Waals surface area contributed by atoms with E-state index in [-0.39, 0.29) is 11.3 Å². The molecule has 7 nitrogen and oxygen atoms in total. The van der Waals surface area contributed by atoms with Gasteiger partial charge in [-0.05, 0) is 85.5 Å². The summed E-state index contributed by atoms with van der Waals surface area (Å²) in [7, 11) is 1.57. The van der Waals surface area contributed by atoms with Crippen LogP contribution >= 0.6 is 0 Å². The zero-order valence-corrected chi connectivity index (χ0v) is 21.2. The highest BCUT2D eigenvalue weighted by molar-refractivity contribution is 6.51. The Labute approximate surface area is 216 Å². The molecule has 0 aliphatic carbocycles. The Morgan fingerprint density at radius 2 is 1.70 bits per heavy atom. The lowest BCUT2D eigenvalue weighted by Gasteiger charge is -2.26. The predicted octanol–water partition coefficient (Wildman–Crippen LogP) is 5.60. The van der Waals surface area contributed by atoms with Crippen LogP contribution in [0.5, 0.6) is 11.5 Å². The highest BCUT2D eigenvalue weighted by atomic mass is 16.5. The fraction of sp³-hybridized carbons (Fsp3) is 0.233. The van der Waals surface area contributed by atoms with Crippen molar-refractivity contribution in [3.8, 4) is 17.6 Å². The second-order valence-corrected chi connectivity index (χ2v) is 8.88. The number of Topliss-reactive ketones (excluding diaryl/α,β-unsaturated/α-hetero) is 1. The van der Waals surface area contributed by atoms with Crippen molar-refractivity contribution in [3.05, 3.63) is 94.1 Å². The normalized spacial score (nSPS) is 16.5. The van der Waals surface area contributed by atoms with E-state index in [4.69, 9.17) is 9.47 Å². The monoisotopic (exact) mass is 496 g/mol. The number of rotatable bonds is 7. The molecule has 37 heavy (non-hydrogen) atoms. The minimum Gasteiger partial charge on any atom is -0.507 e. The maximum absolute atomic E-state index is 13.4. The molecule has 1 fully saturated rings. The van der Waals surface area contributed by atoms with Crippen LogP contribution in [0, 0.1) is 25.2 Å².